The van der Waals surface area contributed by atoms with Gasteiger partial charge in [0, 0.05) is 24.7 Å². The summed E-state index contributed by atoms with van der Waals surface area (Å²) in [4.78, 5) is 5.04. The molecule has 17 heavy (non-hydrogen) atoms. The molecule has 1 aliphatic rings. The number of piperidine rings is 1. The lowest BCUT2D eigenvalue weighted by Crippen LogP contribution is -2.59. The van der Waals surface area contributed by atoms with Crippen LogP contribution >= 0.6 is 0 Å². The first-order valence-electron chi connectivity index (χ1n) is 7.21. The molecule has 0 radical (unpaired) electrons. The summed E-state index contributed by atoms with van der Waals surface area (Å²) in [5, 5.41) is 0. The van der Waals surface area contributed by atoms with Crippen molar-refractivity contribution in [1.29, 1.82) is 0 Å². The number of nitrogens with two attached hydrogens (primary N) is 1. The number of rotatable bonds is 6. The van der Waals surface area contributed by atoms with E-state index in [-0.39, 0.29) is 5.54 Å². The molecule has 1 rings (SSSR count). The minimum Gasteiger partial charge on any atom is -0.329 e. The van der Waals surface area contributed by atoms with Crippen LogP contribution in [-0.2, 0) is 0 Å². The van der Waals surface area contributed by atoms with Crippen LogP contribution in [0.1, 0.15) is 46.0 Å². The summed E-state index contributed by atoms with van der Waals surface area (Å²) in [6.45, 7) is 7.79. The quantitative estimate of drug-likeness (QED) is 0.771. The van der Waals surface area contributed by atoms with Gasteiger partial charge in [-0.25, -0.2) is 0 Å². The first-order valence-corrected chi connectivity index (χ1v) is 7.21. The molecule has 3 nitrogen and oxygen atoms in total. The highest BCUT2D eigenvalue weighted by Crippen LogP contribution is 2.29. The van der Waals surface area contributed by atoms with Gasteiger partial charge < -0.3 is 10.6 Å². The third-order valence-corrected chi connectivity index (χ3v) is 4.55. The minimum absolute atomic E-state index is 0.253. The van der Waals surface area contributed by atoms with Gasteiger partial charge >= 0.3 is 0 Å². The fraction of sp³-hybridized carbons (Fsp3) is 1.00. The second-order valence-corrected chi connectivity index (χ2v) is 5.74. The summed E-state index contributed by atoms with van der Waals surface area (Å²) in [7, 11) is 4.40. The van der Waals surface area contributed by atoms with E-state index in [1.807, 2.05) is 0 Å². The van der Waals surface area contributed by atoms with Gasteiger partial charge in [0.2, 0.25) is 0 Å². The van der Waals surface area contributed by atoms with E-state index in [9.17, 15) is 0 Å². The van der Waals surface area contributed by atoms with Crippen molar-refractivity contribution in [2.75, 3.05) is 33.7 Å². The summed E-state index contributed by atoms with van der Waals surface area (Å²) in [5.74, 6) is 0. The van der Waals surface area contributed by atoms with Crippen LogP contribution in [0.3, 0.4) is 0 Å². The Kier molecular flexibility index (Phi) is 5.90. The standard InChI is InChI=1S/C14H31N3/c1-5-9-14(6-2,12-15)17-10-7-8-13(11-17)16(3)4/h13H,5-12,15H2,1-4H3. The lowest BCUT2D eigenvalue weighted by atomic mass is 9.86. The fourth-order valence-corrected chi connectivity index (χ4v) is 3.21. The first-order chi connectivity index (χ1) is 8.09. The zero-order valence-corrected chi connectivity index (χ0v) is 12.2. The number of nitrogens with zero attached hydrogens (tertiary/aromatic N) is 2. The molecule has 2 N–H and O–H groups in total. The Morgan fingerprint density at radius 3 is 2.53 bits per heavy atom. The zero-order chi connectivity index (χ0) is 12.9. The van der Waals surface area contributed by atoms with Gasteiger partial charge in [0.25, 0.3) is 0 Å². The van der Waals surface area contributed by atoms with Crippen LogP contribution in [0.15, 0.2) is 0 Å². The third kappa shape index (κ3) is 3.43. The molecule has 1 fully saturated rings. The Hall–Kier alpha value is -0.120. The maximum atomic E-state index is 6.10. The molecular formula is C14H31N3. The average Bonchev–Trinajstić information content (AvgIpc) is 2.36. The van der Waals surface area contributed by atoms with Crippen LogP contribution < -0.4 is 5.73 Å². The molecule has 0 aromatic rings. The molecule has 102 valence electrons. The maximum Gasteiger partial charge on any atom is 0.0329 e. The summed E-state index contributed by atoms with van der Waals surface area (Å²) >= 11 is 0. The van der Waals surface area contributed by atoms with Gasteiger partial charge in [0.15, 0.2) is 0 Å². The van der Waals surface area contributed by atoms with Crippen molar-refractivity contribution in [3.05, 3.63) is 0 Å². The highest BCUT2D eigenvalue weighted by atomic mass is 15.3. The van der Waals surface area contributed by atoms with E-state index in [4.69, 9.17) is 5.73 Å². The van der Waals surface area contributed by atoms with Crippen LogP contribution in [-0.4, -0.2) is 55.1 Å². The van der Waals surface area contributed by atoms with Crippen LogP contribution in [0.25, 0.3) is 0 Å². The Bertz CT molecular complexity index is 212. The van der Waals surface area contributed by atoms with Gasteiger partial charge in [-0.15, -0.1) is 0 Å². The molecule has 1 heterocycles. The van der Waals surface area contributed by atoms with E-state index in [1.165, 1.54) is 45.2 Å². The number of likely N-dealkylation sites (tertiary alicyclic amines) is 1. The smallest absolute Gasteiger partial charge is 0.0329 e. The van der Waals surface area contributed by atoms with Crippen molar-refractivity contribution in [2.45, 2.75) is 57.5 Å². The highest BCUT2D eigenvalue weighted by Gasteiger charge is 2.36. The van der Waals surface area contributed by atoms with Gasteiger partial charge in [-0.2, -0.15) is 0 Å². The second-order valence-electron chi connectivity index (χ2n) is 5.74. The molecule has 0 saturated carbocycles. The summed E-state index contributed by atoms with van der Waals surface area (Å²) in [6.07, 6.45) is 6.29. The van der Waals surface area contributed by atoms with Gasteiger partial charge in [-0.3, -0.25) is 4.90 Å². The van der Waals surface area contributed by atoms with E-state index in [0.717, 1.165) is 6.54 Å². The molecule has 0 aromatic carbocycles. The van der Waals surface area contributed by atoms with Crippen molar-refractivity contribution in [1.82, 2.24) is 9.80 Å². The molecule has 1 aliphatic heterocycles. The van der Waals surface area contributed by atoms with Crippen molar-refractivity contribution in [2.24, 2.45) is 5.73 Å². The number of hydrogen-bond donors (Lipinski definition) is 1. The van der Waals surface area contributed by atoms with Gasteiger partial charge in [-0.1, -0.05) is 20.3 Å². The van der Waals surface area contributed by atoms with Crippen molar-refractivity contribution in [3.63, 3.8) is 0 Å². The number of likely N-dealkylation sites (N-methyl/N-ethyl adjacent to an activating group) is 1. The summed E-state index contributed by atoms with van der Waals surface area (Å²) in [6, 6.07) is 0.707. The van der Waals surface area contributed by atoms with Gasteiger partial charge in [-0.05, 0) is 46.3 Å². The van der Waals surface area contributed by atoms with Crippen LogP contribution in [0, 0.1) is 0 Å². The lowest BCUT2D eigenvalue weighted by molar-refractivity contribution is 0.0262. The molecule has 0 spiro atoms. The number of hydrogen-bond acceptors (Lipinski definition) is 3. The molecular weight excluding hydrogens is 210 g/mol. The monoisotopic (exact) mass is 241 g/mol. The average molecular weight is 241 g/mol. The molecule has 0 bridgehead atoms. The third-order valence-electron chi connectivity index (χ3n) is 4.55. The Balaban J connectivity index is 2.73. The van der Waals surface area contributed by atoms with Gasteiger partial charge in [0.05, 0.1) is 0 Å². The topological polar surface area (TPSA) is 32.5 Å². The molecule has 0 aromatic heterocycles. The van der Waals surface area contributed by atoms with E-state index in [2.05, 4.69) is 37.7 Å². The highest BCUT2D eigenvalue weighted by molar-refractivity contribution is 4.94. The Morgan fingerprint density at radius 2 is 2.06 bits per heavy atom. The molecule has 3 heteroatoms. The zero-order valence-electron chi connectivity index (χ0n) is 12.2. The Labute approximate surface area is 107 Å². The molecule has 0 amide bonds. The largest absolute Gasteiger partial charge is 0.329 e. The first kappa shape index (κ1) is 14.9. The molecule has 2 unspecified atom stereocenters. The Morgan fingerprint density at radius 1 is 1.35 bits per heavy atom. The lowest BCUT2D eigenvalue weighted by Gasteiger charge is -2.48. The molecule has 0 aliphatic carbocycles. The SMILES string of the molecule is CCCC(CC)(CN)N1CCCC(N(C)C)C1. The molecule has 2 atom stereocenters. The van der Waals surface area contributed by atoms with E-state index < -0.39 is 0 Å². The summed E-state index contributed by atoms with van der Waals surface area (Å²) in [5.41, 5.74) is 6.35. The predicted molar refractivity (Wildman–Crippen MR) is 75.3 cm³/mol. The predicted octanol–water partition coefficient (Wildman–Crippen LogP) is 1.92. The normalized spacial score (nSPS) is 26.1. The van der Waals surface area contributed by atoms with Crippen LogP contribution in [0.2, 0.25) is 0 Å². The molecule has 1 saturated heterocycles. The summed E-state index contributed by atoms with van der Waals surface area (Å²) < 4.78 is 0. The van der Waals surface area contributed by atoms with Crippen molar-refractivity contribution < 1.29 is 0 Å². The van der Waals surface area contributed by atoms with Crippen LogP contribution in [0.5, 0.6) is 0 Å². The maximum absolute atomic E-state index is 6.10. The van der Waals surface area contributed by atoms with Gasteiger partial charge in [0.1, 0.15) is 0 Å². The van der Waals surface area contributed by atoms with E-state index in [0.29, 0.717) is 6.04 Å². The fourth-order valence-electron chi connectivity index (χ4n) is 3.21. The second kappa shape index (κ2) is 6.72. The van der Waals surface area contributed by atoms with E-state index in [1.54, 1.807) is 0 Å². The van der Waals surface area contributed by atoms with Crippen LogP contribution in [0.4, 0.5) is 0 Å². The minimum atomic E-state index is 0.253. The van der Waals surface area contributed by atoms with Crippen molar-refractivity contribution >= 4 is 0 Å². The van der Waals surface area contributed by atoms with E-state index >= 15 is 0 Å². The van der Waals surface area contributed by atoms with Crippen molar-refractivity contribution in [3.8, 4) is 0 Å².